The Labute approximate surface area is 137 Å². The average Bonchev–Trinajstić information content (AvgIpc) is 3.22. The maximum absolute atomic E-state index is 12.2. The maximum Gasteiger partial charge on any atom is 0.251 e. The number of furan rings is 1. The zero-order chi connectivity index (χ0) is 16.1. The van der Waals surface area contributed by atoms with Gasteiger partial charge in [0.05, 0.1) is 30.2 Å². The van der Waals surface area contributed by atoms with Crippen LogP contribution in [0.15, 0.2) is 47.1 Å². The number of benzene rings is 1. The van der Waals surface area contributed by atoms with Gasteiger partial charge in [0.1, 0.15) is 23.8 Å². The summed E-state index contributed by atoms with van der Waals surface area (Å²) in [4.78, 5) is 12.2. The SMILES string of the molecule is Cc1nsnc1COc1cccc(C(=O)NCc2ccco2)c1. The molecule has 6 nitrogen and oxygen atoms in total. The van der Waals surface area contributed by atoms with E-state index in [-0.39, 0.29) is 5.91 Å². The molecular formula is C16H15N3O3S. The first-order valence-corrected chi connectivity index (χ1v) is 7.77. The highest BCUT2D eigenvalue weighted by molar-refractivity contribution is 6.99. The van der Waals surface area contributed by atoms with Crippen LogP contribution in [0.5, 0.6) is 5.75 Å². The highest BCUT2D eigenvalue weighted by Crippen LogP contribution is 2.16. The molecule has 0 aliphatic carbocycles. The lowest BCUT2D eigenvalue weighted by atomic mass is 10.2. The second kappa shape index (κ2) is 7.06. The fourth-order valence-electron chi connectivity index (χ4n) is 1.94. The van der Waals surface area contributed by atoms with Crippen molar-refractivity contribution < 1.29 is 13.9 Å². The van der Waals surface area contributed by atoms with Crippen molar-refractivity contribution in [2.24, 2.45) is 0 Å². The molecule has 2 heterocycles. The molecule has 2 aromatic heterocycles. The number of hydrogen-bond acceptors (Lipinski definition) is 6. The minimum Gasteiger partial charge on any atom is -0.487 e. The third kappa shape index (κ3) is 3.95. The summed E-state index contributed by atoms with van der Waals surface area (Å²) in [6.45, 7) is 2.57. The molecule has 7 heteroatoms. The van der Waals surface area contributed by atoms with Gasteiger partial charge in [-0.3, -0.25) is 4.79 Å². The molecule has 0 saturated carbocycles. The standard InChI is InChI=1S/C16H15N3O3S/c1-11-15(19-23-18-11)10-22-13-5-2-4-12(8-13)16(20)17-9-14-6-3-7-21-14/h2-8H,9-10H2,1H3,(H,17,20). The summed E-state index contributed by atoms with van der Waals surface area (Å²) in [5.41, 5.74) is 2.20. The Kier molecular flexibility index (Phi) is 4.68. The number of carbonyl (C=O) groups is 1. The summed E-state index contributed by atoms with van der Waals surface area (Å²) in [6, 6.07) is 10.6. The van der Waals surface area contributed by atoms with Crippen LogP contribution in [-0.4, -0.2) is 14.7 Å². The summed E-state index contributed by atoms with van der Waals surface area (Å²) in [6.07, 6.45) is 1.57. The lowest BCUT2D eigenvalue weighted by molar-refractivity contribution is 0.0947. The highest BCUT2D eigenvalue weighted by Gasteiger charge is 2.09. The Morgan fingerprint density at radius 1 is 1.30 bits per heavy atom. The van der Waals surface area contributed by atoms with E-state index in [1.54, 1.807) is 36.6 Å². The van der Waals surface area contributed by atoms with E-state index >= 15 is 0 Å². The van der Waals surface area contributed by atoms with Gasteiger partial charge in [-0.15, -0.1) is 0 Å². The van der Waals surface area contributed by atoms with E-state index in [1.807, 2.05) is 13.0 Å². The Morgan fingerprint density at radius 3 is 2.96 bits per heavy atom. The molecule has 0 aliphatic heterocycles. The van der Waals surface area contributed by atoms with Crippen LogP contribution in [0, 0.1) is 6.92 Å². The minimum absolute atomic E-state index is 0.182. The van der Waals surface area contributed by atoms with Crippen molar-refractivity contribution in [1.29, 1.82) is 0 Å². The van der Waals surface area contributed by atoms with E-state index in [4.69, 9.17) is 9.15 Å². The van der Waals surface area contributed by atoms with Crippen molar-refractivity contribution in [3.8, 4) is 5.75 Å². The van der Waals surface area contributed by atoms with E-state index in [9.17, 15) is 4.79 Å². The number of aromatic nitrogens is 2. The second-order valence-electron chi connectivity index (χ2n) is 4.87. The molecule has 3 rings (SSSR count). The zero-order valence-corrected chi connectivity index (χ0v) is 13.3. The number of carbonyl (C=O) groups excluding carboxylic acids is 1. The highest BCUT2D eigenvalue weighted by atomic mass is 32.1. The molecule has 0 fully saturated rings. The van der Waals surface area contributed by atoms with Gasteiger partial charge in [0.25, 0.3) is 5.91 Å². The quantitative estimate of drug-likeness (QED) is 0.752. The van der Waals surface area contributed by atoms with E-state index < -0.39 is 0 Å². The molecule has 0 spiro atoms. The molecular weight excluding hydrogens is 314 g/mol. The van der Waals surface area contributed by atoms with Crippen LogP contribution in [0.1, 0.15) is 27.5 Å². The van der Waals surface area contributed by atoms with Crippen LogP contribution in [0.4, 0.5) is 0 Å². The molecule has 1 aromatic carbocycles. The molecule has 0 atom stereocenters. The fourth-order valence-corrected chi connectivity index (χ4v) is 2.49. The van der Waals surface area contributed by atoms with Crippen molar-refractivity contribution in [3.05, 3.63) is 65.4 Å². The van der Waals surface area contributed by atoms with Gasteiger partial charge < -0.3 is 14.5 Å². The van der Waals surface area contributed by atoms with Crippen molar-refractivity contribution in [2.45, 2.75) is 20.1 Å². The van der Waals surface area contributed by atoms with Crippen LogP contribution >= 0.6 is 11.7 Å². The van der Waals surface area contributed by atoms with Crippen LogP contribution < -0.4 is 10.1 Å². The second-order valence-corrected chi connectivity index (χ2v) is 5.40. The Morgan fingerprint density at radius 2 is 2.22 bits per heavy atom. The lowest BCUT2D eigenvalue weighted by Gasteiger charge is -2.07. The number of nitrogens with zero attached hydrogens (tertiary/aromatic N) is 2. The first-order valence-electron chi connectivity index (χ1n) is 7.04. The normalized spacial score (nSPS) is 10.5. The first-order chi connectivity index (χ1) is 11.2. The smallest absolute Gasteiger partial charge is 0.251 e. The summed E-state index contributed by atoms with van der Waals surface area (Å²) in [7, 11) is 0. The molecule has 118 valence electrons. The third-order valence-corrected chi connectivity index (χ3v) is 3.88. The number of ether oxygens (including phenoxy) is 1. The van der Waals surface area contributed by atoms with E-state index in [1.165, 1.54) is 0 Å². The summed E-state index contributed by atoms with van der Waals surface area (Å²) in [5, 5.41) is 2.80. The topological polar surface area (TPSA) is 77.2 Å². The van der Waals surface area contributed by atoms with Gasteiger partial charge in [-0.25, -0.2) is 0 Å². The number of hydrogen-bond donors (Lipinski definition) is 1. The molecule has 23 heavy (non-hydrogen) atoms. The van der Waals surface area contributed by atoms with Crippen molar-refractivity contribution in [3.63, 3.8) is 0 Å². The van der Waals surface area contributed by atoms with Crippen molar-refractivity contribution >= 4 is 17.6 Å². The number of nitrogens with one attached hydrogen (secondary N) is 1. The van der Waals surface area contributed by atoms with Crippen LogP contribution in [0.3, 0.4) is 0 Å². The van der Waals surface area contributed by atoms with E-state index in [0.717, 1.165) is 23.1 Å². The molecule has 1 N–H and O–H groups in total. The monoisotopic (exact) mass is 329 g/mol. The third-order valence-electron chi connectivity index (χ3n) is 3.22. The van der Waals surface area contributed by atoms with Gasteiger partial charge in [-0.2, -0.15) is 8.75 Å². The maximum atomic E-state index is 12.2. The lowest BCUT2D eigenvalue weighted by Crippen LogP contribution is -2.22. The number of aryl methyl sites for hydroxylation is 1. The molecule has 0 unspecified atom stereocenters. The van der Waals surface area contributed by atoms with Crippen LogP contribution in [0.25, 0.3) is 0 Å². The van der Waals surface area contributed by atoms with Crippen molar-refractivity contribution in [1.82, 2.24) is 14.1 Å². The number of amides is 1. The van der Waals surface area contributed by atoms with Crippen LogP contribution in [0.2, 0.25) is 0 Å². The molecule has 0 bridgehead atoms. The van der Waals surface area contributed by atoms with Gasteiger partial charge in [0.15, 0.2) is 0 Å². The van der Waals surface area contributed by atoms with Gasteiger partial charge in [-0.05, 0) is 37.3 Å². The Balaban J connectivity index is 1.60. The predicted octanol–water partition coefficient (Wildman–Crippen LogP) is 2.95. The Hall–Kier alpha value is -2.67. The zero-order valence-electron chi connectivity index (χ0n) is 12.5. The molecule has 0 radical (unpaired) electrons. The molecule has 3 aromatic rings. The number of rotatable bonds is 6. The average molecular weight is 329 g/mol. The predicted molar refractivity (Wildman–Crippen MR) is 85.3 cm³/mol. The summed E-state index contributed by atoms with van der Waals surface area (Å²) >= 11 is 1.16. The largest absolute Gasteiger partial charge is 0.487 e. The Bertz CT molecular complexity index is 783. The van der Waals surface area contributed by atoms with Crippen LogP contribution in [-0.2, 0) is 13.2 Å². The summed E-state index contributed by atoms with van der Waals surface area (Å²) in [5.74, 6) is 1.14. The van der Waals surface area contributed by atoms with Crippen molar-refractivity contribution in [2.75, 3.05) is 0 Å². The molecule has 0 aliphatic rings. The van der Waals surface area contributed by atoms with E-state index in [0.29, 0.717) is 30.2 Å². The molecule has 0 saturated heterocycles. The van der Waals surface area contributed by atoms with Gasteiger partial charge in [-0.1, -0.05) is 6.07 Å². The van der Waals surface area contributed by atoms with Gasteiger partial charge in [0.2, 0.25) is 0 Å². The van der Waals surface area contributed by atoms with Gasteiger partial charge in [0, 0.05) is 5.56 Å². The molecule has 1 amide bonds. The fraction of sp³-hybridized carbons (Fsp3) is 0.188. The summed E-state index contributed by atoms with van der Waals surface area (Å²) < 4.78 is 19.1. The van der Waals surface area contributed by atoms with E-state index in [2.05, 4.69) is 14.1 Å². The minimum atomic E-state index is -0.182. The first kappa shape index (κ1) is 15.2. The van der Waals surface area contributed by atoms with Gasteiger partial charge >= 0.3 is 0 Å².